The third-order valence-corrected chi connectivity index (χ3v) is 11.8. The fourth-order valence-electron chi connectivity index (χ4n) is 8.37. The van der Waals surface area contributed by atoms with Crippen molar-refractivity contribution < 1.29 is 29.4 Å². The van der Waals surface area contributed by atoms with Crippen LogP contribution in [0.5, 0.6) is 5.75 Å². The van der Waals surface area contributed by atoms with Gasteiger partial charge >= 0.3 is 0 Å². The first-order valence-electron chi connectivity index (χ1n) is 19.0. The molecule has 8 atom stereocenters. The zero-order valence-electron chi connectivity index (χ0n) is 32.7. The van der Waals surface area contributed by atoms with Crippen molar-refractivity contribution in [3.8, 4) is 16.9 Å². The number of hydrogen-bond donors (Lipinski definition) is 4. The van der Waals surface area contributed by atoms with Crippen LogP contribution in [-0.4, -0.2) is 96.7 Å². The number of carbonyl (C=O) groups excluding carboxylic acids is 2. The van der Waals surface area contributed by atoms with E-state index < -0.39 is 24.2 Å². The van der Waals surface area contributed by atoms with Gasteiger partial charge in [-0.25, -0.2) is 0 Å². The number of likely N-dealkylation sites (N-methyl/N-ethyl adjacent to an activating group) is 1. The molecule has 1 saturated heterocycles. The Balaban J connectivity index is 1.39. The van der Waals surface area contributed by atoms with Crippen molar-refractivity contribution in [3.05, 3.63) is 89.5 Å². The molecule has 0 unspecified atom stereocenters. The van der Waals surface area contributed by atoms with Crippen LogP contribution < -0.4 is 15.4 Å². The normalized spacial score (nSPS) is 25.5. The predicted octanol–water partition coefficient (Wildman–Crippen LogP) is 5.32. The summed E-state index contributed by atoms with van der Waals surface area (Å²) in [6.07, 6.45) is 0.931. The highest BCUT2D eigenvalue weighted by atomic mass is 16.7. The topological polar surface area (TPSA) is 124 Å². The molecule has 0 radical (unpaired) electrons. The van der Waals surface area contributed by atoms with Gasteiger partial charge in [0.1, 0.15) is 17.9 Å². The zero-order chi connectivity index (χ0) is 38.4. The number of carbonyl (C=O) groups is 2. The SMILES string of the molecule is COc1c(CN2O[C@@H](CO)[C@@H]([C@H](C)O)[C@H]2C(=O)N[C@H]2CCC(C)(C)[C@@H](C)[C@@H]2C)cccc1-c1cccc(C(=O)N[C@@H](Cc2ccccc2)CN(C)C)c1. The van der Waals surface area contributed by atoms with E-state index in [-0.39, 0.29) is 48.4 Å². The molecular weight excluding hydrogens is 668 g/mol. The summed E-state index contributed by atoms with van der Waals surface area (Å²) >= 11 is 0. The molecule has 3 aromatic rings. The Morgan fingerprint density at radius 1 is 1.06 bits per heavy atom. The van der Waals surface area contributed by atoms with Crippen LogP contribution in [0.3, 0.4) is 0 Å². The number of hydrogen-bond acceptors (Lipinski definition) is 8. The van der Waals surface area contributed by atoms with E-state index in [1.165, 1.54) is 0 Å². The average Bonchev–Trinajstić information content (AvgIpc) is 3.50. The quantitative estimate of drug-likeness (QED) is 0.176. The molecule has 10 nitrogen and oxygen atoms in total. The molecule has 0 bridgehead atoms. The van der Waals surface area contributed by atoms with E-state index in [1.54, 1.807) is 19.1 Å². The van der Waals surface area contributed by atoms with Gasteiger partial charge in [-0.05, 0) is 80.8 Å². The highest BCUT2D eigenvalue weighted by molar-refractivity contribution is 5.96. The smallest absolute Gasteiger partial charge is 0.251 e. The Morgan fingerprint density at radius 3 is 2.43 bits per heavy atom. The van der Waals surface area contributed by atoms with E-state index in [2.05, 4.69) is 55.4 Å². The maximum Gasteiger partial charge on any atom is 0.251 e. The average molecular weight is 729 g/mol. The van der Waals surface area contributed by atoms with Crippen LogP contribution >= 0.6 is 0 Å². The summed E-state index contributed by atoms with van der Waals surface area (Å²) in [5.41, 5.74) is 4.23. The van der Waals surface area contributed by atoms with E-state index in [1.807, 2.05) is 74.8 Å². The van der Waals surface area contributed by atoms with Gasteiger partial charge in [0, 0.05) is 41.2 Å². The minimum absolute atomic E-state index is 0.00552. The molecule has 53 heavy (non-hydrogen) atoms. The molecule has 1 saturated carbocycles. The molecule has 10 heteroatoms. The van der Waals surface area contributed by atoms with Crippen LogP contribution in [0.1, 0.15) is 68.9 Å². The van der Waals surface area contributed by atoms with E-state index in [4.69, 9.17) is 9.57 Å². The van der Waals surface area contributed by atoms with Crippen molar-refractivity contribution in [2.45, 2.75) is 90.8 Å². The Hall–Kier alpha value is -3.80. The van der Waals surface area contributed by atoms with E-state index in [0.717, 1.165) is 35.1 Å². The lowest BCUT2D eigenvalue weighted by Gasteiger charge is -2.46. The van der Waals surface area contributed by atoms with E-state index in [9.17, 15) is 19.8 Å². The van der Waals surface area contributed by atoms with Crippen molar-refractivity contribution in [1.29, 1.82) is 0 Å². The maximum atomic E-state index is 14.2. The van der Waals surface area contributed by atoms with Gasteiger partial charge < -0.3 is 30.5 Å². The number of ether oxygens (including phenoxy) is 1. The number of hydroxylamine groups is 2. The second kappa shape index (κ2) is 17.6. The third-order valence-electron chi connectivity index (χ3n) is 11.8. The Labute approximate surface area is 315 Å². The van der Waals surface area contributed by atoms with E-state index in [0.29, 0.717) is 30.2 Å². The number of aliphatic hydroxyl groups excluding tert-OH is 2. The molecule has 5 rings (SSSR count). The lowest BCUT2D eigenvalue weighted by Crippen LogP contribution is -2.55. The predicted molar refractivity (Wildman–Crippen MR) is 208 cm³/mol. The largest absolute Gasteiger partial charge is 0.496 e. The molecule has 2 aliphatic rings. The zero-order valence-corrected chi connectivity index (χ0v) is 32.7. The van der Waals surface area contributed by atoms with Crippen molar-refractivity contribution in [2.24, 2.45) is 23.2 Å². The lowest BCUT2D eigenvalue weighted by molar-refractivity contribution is -0.182. The van der Waals surface area contributed by atoms with Gasteiger partial charge in [0.15, 0.2) is 0 Å². The van der Waals surface area contributed by atoms with Gasteiger partial charge in [-0.2, -0.15) is 5.06 Å². The van der Waals surface area contributed by atoms with Crippen molar-refractivity contribution in [1.82, 2.24) is 20.6 Å². The van der Waals surface area contributed by atoms with Gasteiger partial charge in [-0.15, -0.1) is 0 Å². The summed E-state index contributed by atoms with van der Waals surface area (Å²) in [5.74, 6) is 0.253. The summed E-state index contributed by atoms with van der Waals surface area (Å²) in [6.45, 7) is 11.2. The number of amides is 2. The summed E-state index contributed by atoms with van der Waals surface area (Å²) in [7, 11) is 5.60. The maximum absolute atomic E-state index is 14.2. The second-order valence-corrected chi connectivity index (χ2v) is 16.2. The molecule has 4 N–H and O–H groups in total. The first kappa shape index (κ1) is 40.4. The molecule has 1 aliphatic heterocycles. The Kier molecular flexibility index (Phi) is 13.4. The molecule has 3 aromatic carbocycles. The van der Waals surface area contributed by atoms with Crippen LogP contribution in [0, 0.1) is 23.2 Å². The number of benzene rings is 3. The highest BCUT2D eigenvalue weighted by Gasteiger charge is 2.50. The van der Waals surface area contributed by atoms with Crippen molar-refractivity contribution in [3.63, 3.8) is 0 Å². The second-order valence-electron chi connectivity index (χ2n) is 16.2. The van der Waals surface area contributed by atoms with Crippen molar-refractivity contribution in [2.75, 3.05) is 34.4 Å². The minimum Gasteiger partial charge on any atom is -0.496 e. The molecule has 0 aromatic heterocycles. The molecule has 2 amide bonds. The molecular formula is C43H60N4O6. The van der Waals surface area contributed by atoms with Crippen LogP contribution in [-0.2, 0) is 22.6 Å². The van der Waals surface area contributed by atoms with Gasteiger partial charge in [0.25, 0.3) is 5.91 Å². The van der Waals surface area contributed by atoms with Crippen LogP contribution in [0.15, 0.2) is 72.8 Å². The number of para-hydroxylation sites is 1. The van der Waals surface area contributed by atoms with Crippen LogP contribution in [0.25, 0.3) is 11.1 Å². The highest BCUT2D eigenvalue weighted by Crippen LogP contribution is 2.44. The lowest BCUT2D eigenvalue weighted by atomic mass is 9.63. The number of nitrogens with zero attached hydrogens (tertiary/aromatic N) is 2. The molecule has 1 heterocycles. The monoisotopic (exact) mass is 728 g/mol. The minimum atomic E-state index is -0.901. The molecule has 0 spiro atoms. The van der Waals surface area contributed by atoms with Crippen molar-refractivity contribution >= 4 is 11.8 Å². The fraction of sp³-hybridized carbons (Fsp3) is 0.535. The van der Waals surface area contributed by atoms with Gasteiger partial charge in [0.05, 0.1) is 26.4 Å². The van der Waals surface area contributed by atoms with Gasteiger partial charge in [-0.1, -0.05) is 88.4 Å². The standard InChI is InChI=1S/C43H60N4O6/c1-27-28(2)43(4,5)21-20-36(27)45-42(51)39-38(29(3)49)37(26-48)53-47(39)24-33-18-13-19-35(40(33)52-8)31-16-12-17-32(23-31)41(50)44-34(25-46(6)7)22-30-14-10-9-11-15-30/h9-19,23,27-29,34,36-39,48-49H,20-22,24-26H2,1-8H3,(H,44,50)(H,45,51)/t27-,28-,29-,34-,36-,37-,38+,39-/m0/s1. The Bertz CT molecular complexity index is 1680. The summed E-state index contributed by atoms with van der Waals surface area (Å²) in [6, 6.07) is 22.5. The van der Waals surface area contributed by atoms with Crippen LogP contribution in [0.4, 0.5) is 0 Å². The Morgan fingerprint density at radius 2 is 1.77 bits per heavy atom. The fourth-order valence-corrected chi connectivity index (χ4v) is 8.37. The molecule has 2 fully saturated rings. The number of methoxy groups -OCH3 is 1. The van der Waals surface area contributed by atoms with Gasteiger partial charge in [0.2, 0.25) is 5.91 Å². The number of nitrogens with one attached hydrogen (secondary N) is 2. The number of rotatable bonds is 14. The first-order chi connectivity index (χ1) is 25.2. The summed E-state index contributed by atoms with van der Waals surface area (Å²) in [4.78, 5) is 36.2. The van der Waals surface area contributed by atoms with Gasteiger partial charge in [-0.3, -0.25) is 14.4 Å². The molecule has 1 aliphatic carbocycles. The van der Waals surface area contributed by atoms with E-state index >= 15 is 0 Å². The van der Waals surface area contributed by atoms with Crippen LogP contribution in [0.2, 0.25) is 0 Å². The first-order valence-corrected chi connectivity index (χ1v) is 19.0. The molecule has 288 valence electrons. The number of aliphatic hydroxyl groups is 2. The summed E-state index contributed by atoms with van der Waals surface area (Å²) < 4.78 is 6.02. The summed E-state index contributed by atoms with van der Waals surface area (Å²) in [5, 5.41) is 29.4. The third kappa shape index (κ3) is 9.48.